The van der Waals surface area contributed by atoms with E-state index in [1.165, 1.54) is 12.1 Å². The van der Waals surface area contributed by atoms with Gasteiger partial charge in [-0.25, -0.2) is 9.18 Å². The first-order valence-electron chi connectivity index (χ1n) is 7.49. The fourth-order valence-electron chi connectivity index (χ4n) is 3.06. The van der Waals surface area contributed by atoms with Gasteiger partial charge in [-0.3, -0.25) is 0 Å². The highest BCUT2D eigenvalue weighted by Crippen LogP contribution is 2.45. The first kappa shape index (κ1) is 14.9. The first-order valence-corrected chi connectivity index (χ1v) is 7.87. The minimum Gasteiger partial charge on any atom is -0.449 e. The van der Waals surface area contributed by atoms with Crippen LogP contribution in [0.3, 0.4) is 0 Å². The van der Waals surface area contributed by atoms with Gasteiger partial charge in [-0.05, 0) is 29.3 Å². The van der Waals surface area contributed by atoms with Crippen molar-refractivity contribution in [3.05, 3.63) is 94.3 Å². The van der Waals surface area contributed by atoms with Crippen LogP contribution in [-0.2, 0) is 4.74 Å². The van der Waals surface area contributed by atoms with E-state index in [1.54, 1.807) is 0 Å². The molecule has 118 valence electrons. The molecule has 0 amide bonds. The lowest BCUT2D eigenvalue weighted by molar-refractivity contribution is 0.0386. The molecule has 2 nitrogen and oxygen atoms in total. The summed E-state index contributed by atoms with van der Waals surface area (Å²) in [6, 6.07) is 19.3. The van der Waals surface area contributed by atoms with Crippen molar-refractivity contribution >= 4 is 17.6 Å². The molecule has 0 heterocycles. The molecular formula is C20H12ClFO2. The zero-order valence-electron chi connectivity index (χ0n) is 12.5. The zero-order valence-corrected chi connectivity index (χ0v) is 13.3. The molecule has 0 N–H and O–H groups in total. The average Bonchev–Trinajstić information content (AvgIpc) is 2.89. The van der Waals surface area contributed by atoms with E-state index in [2.05, 4.69) is 0 Å². The maximum absolute atomic E-state index is 13.2. The van der Waals surface area contributed by atoms with Gasteiger partial charge in [0.15, 0.2) is 6.10 Å². The van der Waals surface area contributed by atoms with E-state index in [1.807, 2.05) is 48.5 Å². The third-order valence-electron chi connectivity index (χ3n) is 4.15. The monoisotopic (exact) mass is 338 g/mol. The predicted octanol–water partition coefficient (Wildman–Crippen LogP) is 5.41. The van der Waals surface area contributed by atoms with Crippen LogP contribution in [0, 0.1) is 5.82 Å². The molecule has 0 saturated carbocycles. The fourth-order valence-corrected chi connectivity index (χ4v) is 3.31. The third kappa shape index (κ3) is 2.38. The summed E-state index contributed by atoms with van der Waals surface area (Å²) in [7, 11) is 0. The Morgan fingerprint density at radius 1 is 0.917 bits per heavy atom. The lowest BCUT2D eigenvalue weighted by Gasteiger charge is -2.15. The highest BCUT2D eigenvalue weighted by Gasteiger charge is 2.31. The Morgan fingerprint density at radius 3 is 2.08 bits per heavy atom. The number of carbonyl (C=O) groups excluding carboxylic acids is 1. The Hall–Kier alpha value is -2.65. The molecule has 0 bridgehead atoms. The highest BCUT2D eigenvalue weighted by molar-refractivity contribution is 6.33. The van der Waals surface area contributed by atoms with Crippen LogP contribution in [0.5, 0.6) is 0 Å². The van der Waals surface area contributed by atoms with Crippen LogP contribution in [0.25, 0.3) is 11.1 Å². The van der Waals surface area contributed by atoms with Crippen LogP contribution in [0.1, 0.15) is 27.6 Å². The van der Waals surface area contributed by atoms with Crippen molar-refractivity contribution in [2.75, 3.05) is 0 Å². The van der Waals surface area contributed by atoms with E-state index in [0.29, 0.717) is 0 Å². The molecule has 1 aliphatic carbocycles. The smallest absolute Gasteiger partial charge is 0.340 e. The zero-order chi connectivity index (χ0) is 16.7. The van der Waals surface area contributed by atoms with E-state index in [-0.39, 0.29) is 10.6 Å². The Bertz CT molecular complexity index is 906. The van der Waals surface area contributed by atoms with Crippen molar-refractivity contribution in [3.8, 4) is 11.1 Å². The second-order valence-electron chi connectivity index (χ2n) is 5.58. The molecule has 24 heavy (non-hydrogen) atoms. The minimum absolute atomic E-state index is 0.0413. The molecule has 0 fully saturated rings. The molecule has 0 aliphatic heterocycles. The summed E-state index contributed by atoms with van der Waals surface area (Å²) in [5, 5.41) is 0.0413. The van der Waals surface area contributed by atoms with Crippen molar-refractivity contribution in [2.45, 2.75) is 6.10 Å². The summed E-state index contributed by atoms with van der Waals surface area (Å²) >= 11 is 5.97. The van der Waals surface area contributed by atoms with Crippen LogP contribution in [0.2, 0.25) is 5.02 Å². The van der Waals surface area contributed by atoms with E-state index < -0.39 is 17.9 Å². The van der Waals surface area contributed by atoms with Crippen molar-refractivity contribution in [2.24, 2.45) is 0 Å². The van der Waals surface area contributed by atoms with Crippen LogP contribution in [-0.4, -0.2) is 5.97 Å². The molecule has 1 aliphatic rings. The SMILES string of the molecule is O=C(OC1c2ccccc2-c2ccccc21)c1ccc(F)cc1Cl. The van der Waals surface area contributed by atoms with Gasteiger partial charge in [0, 0.05) is 11.1 Å². The Labute approximate surface area is 143 Å². The van der Waals surface area contributed by atoms with Crippen LogP contribution < -0.4 is 0 Å². The Kier molecular flexibility index (Phi) is 3.58. The van der Waals surface area contributed by atoms with Gasteiger partial charge >= 0.3 is 5.97 Å². The highest BCUT2D eigenvalue weighted by atomic mass is 35.5. The van der Waals surface area contributed by atoms with Gasteiger partial charge < -0.3 is 4.74 Å². The summed E-state index contributed by atoms with van der Waals surface area (Å²) in [6.07, 6.45) is -0.494. The topological polar surface area (TPSA) is 26.3 Å². The molecule has 0 spiro atoms. The fraction of sp³-hybridized carbons (Fsp3) is 0.0500. The van der Waals surface area contributed by atoms with Gasteiger partial charge in [0.1, 0.15) is 5.82 Å². The summed E-state index contributed by atoms with van der Waals surface area (Å²) in [5.74, 6) is -1.07. The number of halogens is 2. The Balaban J connectivity index is 1.73. The number of esters is 1. The second-order valence-corrected chi connectivity index (χ2v) is 5.99. The van der Waals surface area contributed by atoms with Gasteiger partial charge in [0.25, 0.3) is 0 Å². The number of benzene rings is 3. The predicted molar refractivity (Wildman–Crippen MR) is 90.5 cm³/mol. The van der Waals surface area contributed by atoms with Gasteiger partial charge in [-0.1, -0.05) is 60.1 Å². The maximum Gasteiger partial charge on any atom is 0.340 e. The average molecular weight is 339 g/mol. The minimum atomic E-state index is -0.573. The van der Waals surface area contributed by atoms with E-state index in [9.17, 15) is 9.18 Å². The molecule has 0 radical (unpaired) electrons. The standard InChI is InChI=1S/C20H12ClFO2/c21-18-11-12(22)9-10-17(18)20(23)24-19-15-7-3-1-5-13(15)14-6-2-4-8-16(14)19/h1-11,19H. The molecule has 0 saturated heterocycles. The number of rotatable bonds is 2. The summed E-state index contributed by atoms with van der Waals surface area (Å²) in [4.78, 5) is 12.5. The van der Waals surface area contributed by atoms with E-state index in [4.69, 9.17) is 16.3 Å². The van der Waals surface area contributed by atoms with Gasteiger partial charge in [-0.15, -0.1) is 0 Å². The molecule has 4 rings (SSSR count). The van der Waals surface area contributed by atoms with Crippen molar-refractivity contribution in [1.82, 2.24) is 0 Å². The summed E-state index contributed by atoms with van der Waals surface area (Å²) in [6.45, 7) is 0. The van der Waals surface area contributed by atoms with Gasteiger partial charge in [0.05, 0.1) is 10.6 Å². The lowest BCUT2D eigenvalue weighted by Crippen LogP contribution is -2.11. The van der Waals surface area contributed by atoms with Crippen LogP contribution in [0.4, 0.5) is 4.39 Å². The number of hydrogen-bond acceptors (Lipinski definition) is 2. The summed E-state index contributed by atoms with van der Waals surface area (Å²) < 4.78 is 18.9. The van der Waals surface area contributed by atoms with Crippen molar-refractivity contribution in [1.29, 1.82) is 0 Å². The molecule has 3 aromatic rings. The number of ether oxygens (including phenoxy) is 1. The first-order chi connectivity index (χ1) is 11.6. The third-order valence-corrected chi connectivity index (χ3v) is 4.47. The molecule has 4 heteroatoms. The largest absolute Gasteiger partial charge is 0.449 e. The molecule has 0 unspecified atom stereocenters. The lowest BCUT2D eigenvalue weighted by atomic mass is 10.1. The quantitative estimate of drug-likeness (QED) is 0.584. The van der Waals surface area contributed by atoms with Gasteiger partial charge in [0.2, 0.25) is 0 Å². The Morgan fingerprint density at radius 2 is 1.50 bits per heavy atom. The number of hydrogen-bond donors (Lipinski definition) is 0. The number of fused-ring (bicyclic) bond motifs is 3. The van der Waals surface area contributed by atoms with Crippen molar-refractivity contribution in [3.63, 3.8) is 0 Å². The molecule has 0 atom stereocenters. The van der Waals surface area contributed by atoms with Gasteiger partial charge in [-0.2, -0.15) is 0 Å². The van der Waals surface area contributed by atoms with Crippen LogP contribution in [0.15, 0.2) is 66.7 Å². The molecular weight excluding hydrogens is 327 g/mol. The summed E-state index contributed by atoms with van der Waals surface area (Å²) in [5.41, 5.74) is 4.13. The van der Waals surface area contributed by atoms with E-state index >= 15 is 0 Å². The maximum atomic E-state index is 13.2. The molecule has 3 aromatic carbocycles. The normalized spacial score (nSPS) is 12.6. The molecule has 0 aromatic heterocycles. The number of carbonyl (C=O) groups is 1. The van der Waals surface area contributed by atoms with E-state index in [0.717, 1.165) is 28.3 Å². The van der Waals surface area contributed by atoms with Crippen LogP contribution >= 0.6 is 11.6 Å². The van der Waals surface area contributed by atoms with Crippen molar-refractivity contribution < 1.29 is 13.9 Å². The second kappa shape index (κ2) is 5.77.